The largest absolute Gasteiger partial charge is 0.462 e. The number of hydrogen-bond donors (Lipinski definition) is 0. The SMILES string of the molecule is CCCCCCCCCCCCCCCCCCCCC(=O)OC[C@@H](COC(=O)CCCCCCCCCCCCCC)OC(=O)CCCCCCCCCCC(C)CC. The fourth-order valence-electron chi connectivity index (χ4n) is 8.19. The van der Waals surface area contributed by atoms with E-state index in [1.54, 1.807) is 0 Å². The van der Waals surface area contributed by atoms with Gasteiger partial charge >= 0.3 is 17.9 Å². The number of esters is 3. The lowest BCUT2D eigenvalue weighted by Crippen LogP contribution is -2.30. The number of carbonyl (C=O) groups is 3. The Bertz CT molecular complexity index is 905. The summed E-state index contributed by atoms with van der Waals surface area (Å²) >= 11 is 0. The van der Waals surface area contributed by atoms with Crippen molar-refractivity contribution in [2.75, 3.05) is 13.2 Å². The Hall–Kier alpha value is -1.59. The summed E-state index contributed by atoms with van der Waals surface area (Å²) in [6.45, 7) is 9.04. The minimum absolute atomic E-state index is 0.0630. The number of unbranched alkanes of at least 4 members (excludes halogenated alkanes) is 35. The quantitative estimate of drug-likeness (QED) is 0.0345. The van der Waals surface area contributed by atoms with E-state index in [1.807, 2.05) is 0 Å². The van der Waals surface area contributed by atoms with E-state index in [4.69, 9.17) is 14.2 Å². The molecule has 6 heteroatoms. The van der Waals surface area contributed by atoms with E-state index in [0.29, 0.717) is 19.3 Å². The minimum atomic E-state index is -0.761. The Labute approximate surface area is 374 Å². The zero-order chi connectivity index (χ0) is 43.8. The zero-order valence-electron chi connectivity index (χ0n) is 40.9. The lowest BCUT2D eigenvalue weighted by atomic mass is 9.99. The van der Waals surface area contributed by atoms with Crippen LogP contribution in [0.5, 0.6) is 0 Å². The van der Waals surface area contributed by atoms with E-state index >= 15 is 0 Å². The molecule has 0 aliphatic rings. The second kappa shape index (κ2) is 48.4. The molecule has 0 N–H and O–H groups in total. The summed E-state index contributed by atoms with van der Waals surface area (Å²) in [4.78, 5) is 38.0. The highest BCUT2D eigenvalue weighted by Gasteiger charge is 2.19. The van der Waals surface area contributed by atoms with Gasteiger partial charge in [-0.05, 0) is 25.2 Å². The van der Waals surface area contributed by atoms with Gasteiger partial charge in [0.2, 0.25) is 0 Å². The van der Waals surface area contributed by atoms with E-state index in [2.05, 4.69) is 27.7 Å². The summed E-state index contributed by atoms with van der Waals surface area (Å²) in [7, 11) is 0. The predicted molar refractivity (Wildman–Crippen MR) is 257 cm³/mol. The van der Waals surface area contributed by atoms with Crippen molar-refractivity contribution in [2.45, 2.75) is 310 Å². The van der Waals surface area contributed by atoms with Crippen molar-refractivity contribution in [1.29, 1.82) is 0 Å². The van der Waals surface area contributed by atoms with Crippen LogP contribution in [0.25, 0.3) is 0 Å². The molecule has 0 bridgehead atoms. The third kappa shape index (κ3) is 45.9. The van der Waals surface area contributed by atoms with Gasteiger partial charge in [0.05, 0.1) is 0 Å². The Kier molecular flexibility index (Phi) is 47.2. The summed E-state index contributed by atoms with van der Waals surface area (Å²) in [6.07, 6.45) is 50.8. The standard InChI is InChI=1S/C54H104O6/c1-5-8-10-12-14-16-18-20-21-22-23-24-25-27-29-34-38-42-46-53(56)59-49-51(60-54(57)47-43-39-35-31-30-32-36-40-44-50(4)7-3)48-58-52(55)45-41-37-33-28-26-19-17-15-13-11-9-6-2/h50-51H,5-49H2,1-4H3/t50?,51-/m1/s1. The summed E-state index contributed by atoms with van der Waals surface area (Å²) in [6, 6.07) is 0. The van der Waals surface area contributed by atoms with Gasteiger partial charge in [0.15, 0.2) is 6.10 Å². The third-order valence-electron chi connectivity index (χ3n) is 12.7. The van der Waals surface area contributed by atoms with Gasteiger partial charge in [0, 0.05) is 19.3 Å². The second-order valence-corrected chi connectivity index (χ2v) is 18.8. The highest BCUT2D eigenvalue weighted by Crippen LogP contribution is 2.18. The molecule has 1 unspecified atom stereocenters. The molecule has 0 aromatic rings. The van der Waals surface area contributed by atoms with Crippen molar-refractivity contribution in [3.8, 4) is 0 Å². The molecule has 0 aromatic carbocycles. The molecular weight excluding hydrogens is 745 g/mol. The van der Waals surface area contributed by atoms with Crippen molar-refractivity contribution in [2.24, 2.45) is 5.92 Å². The molecule has 0 aliphatic carbocycles. The normalized spacial score (nSPS) is 12.4. The third-order valence-corrected chi connectivity index (χ3v) is 12.7. The predicted octanol–water partition coefficient (Wildman–Crippen LogP) is 17.5. The molecule has 0 radical (unpaired) electrons. The minimum Gasteiger partial charge on any atom is -0.462 e. The van der Waals surface area contributed by atoms with Crippen LogP contribution < -0.4 is 0 Å². The molecule has 2 atom stereocenters. The van der Waals surface area contributed by atoms with Crippen LogP contribution in [0.1, 0.15) is 304 Å². The summed E-state index contributed by atoms with van der Waals surface area (Å²) in [5, 5.41) is 0. The highest BCUT2D eigenvalue weighted by atomic mass is 16.6. The maximum Gasteiger partial charge on any atom is 0.306 e. The van der Waals surface area contributed by atoms with Crippen LogP contribution in [0.3, 0.4) is 0 Å². The average Bonchev–Trinajstić information content (AvgIpc) is 3.25. The Morgan fingerprint density at radius 2 is 0.583 bits per heavy atom. The van der Waals surface area contributed by atoms with Crippen molar-refractivity contribution in [3.63, 3.8) is 0 Å². The van der Waals surface area contributed by atoms with Crippen LogP contribution in [0.15, 0.2) is 0 Å². The van der Waals surface area contributed by atoms with Crippen LogP contribution in [0.4, 0.5) is 0 Å². The van der Waals surface area contributed by atoms with Crippen molar-refractivity contribution >= 4 is 17.9 Å². The van der Waals surface area contributed by atoms with Crippen molar-refractivity contribution in [3.05, 3.63) is 0 Å². The van der Waals surface area contributed by atoms with E-state index in [0.717, 1.165) is 63.7 Å². The molecule has 356 valence electrons. The second-order valence-electron chi connectivity index (χ2n) is 18.8. The fraction of sp³-hybridized carbons (Fsp3) is 0.944. The van der Waals surface area contributed by atoms with Gasteiger partial charge in [-0.2, -0.15) is 0 Å². The molecule has 0 fully saturated rings. The van der Waals surface area contributed by atoms with Crippen molar-refractivity contribution in [1.82, 2.24) is 0 Å². The topological polar surface area (TPSA) is 78.9 Å². The van der Waals surface area contributed by atoms with E-state index in [9.17, 15) is 14.4 Å². The van der Waals surface area contributed by atoms with Gasteiger partial charge < -0.3 is 14.2 Å². The summed E-state index contributed by atoms with van der Waals surface area (Å²) < 4.78 is 16.8. The van der Waals surface area contributed by atoms with Crippen LogP contribution >= 0.6 is 0 Å². The highest BCUT2D eigenvalue weighted by molar-refractivity contribution is 5.71. The van der Waals surface area contributed by atoms with Gasteiger partial charge in [-0.15, -0.1) is 0 Å². The first kappa shape index (κ1) is 58.4. The molecule has 0 heterocycles. The Morgan fingerprint density at radius 1 is 0.333 bits per heavy atom. The van der Waals surface area contributed by atoms with Crippen molar-refractivity contribution < 1.29 is 28.6 Å². The monoisotopic (exact) mass is 849 g/mol. The first-order valence-corrected chi connectivity index (χ1v) is 26.9. The number of hydrogen-bond acceptors (Lipinski definition) is 6. The maximum absolute atomic E-state index is 12.8. The van der Waals surface area contributed by atoms with Crippen LogP contribution in [0, 0.1) is 5.92 Å². The molecule has 0 spiro atoms. The van der Waals surface area contributed by atoms with Gasteiger partial charge in [-0.1, -0.05) is 265 Å². The van der Waals surface area contributed by atoms with Gasteiger partial charge in [-0.25, -0.2) is 0 Å². The first-order chi connectivity index (χ1) is 29.4. The molecule has 6 nitrogen and oxygen atoms in total. The first-order valence-electron chi connectivity index (χ1n) is 26.9. The van der Waals surface area contributed by atoms with E-state index in [-0.39, 0.29) is 31.1 Å². The molecule has 0 amide bonds. The van der Waals surface area contributed by atoms with Gasteiger partial charge in [0.1, 0.15) is 13.2 Å². The number of rotatable bonds is 49. The summed E-state index contributed by atoms with van der Waals surface area (Å²) in [5.41, 5.74) is 0. The average molecular weight is 849 g/mol. The number of carbonyl (C=O) groups excluding carboxylic acids is 3. The molecule has 0 aliphatic heterocycles. The molecule has 60 heavy (non-hydrogen) atoms. The van der Waals surface area contributed by atoms with Gasteiger partial charge in [-0.3, -0.25) is 14.4 Å². The lowest BCUT2D eigenvalue weighted by molar-refractivity contribution is -0.167. The smallest absolute Gasteiger partial charge is 0.306 e. The zero-order valence-corrected chi connectivity index (χ0v) is 40.9. The molecule has 0 saturated heterocycles. The summed E-state index contributed by atoms with van der Waals surface area (Å²) in [5.74, 6) is 0.000745. The molecule has 0 saturated carbocycles. The van der Waals surface area contributed by atoms with Crippen LogP contribution in [-0.4, -0.2) is 37.2 Å². The lowest BCUT2D eigenvalue weighted by Gasteiger charge is -2.18. The van der Waals surface area contributed by atoms with Crippen LogP contribution in [0.2, 0.25) is 0 Å². The van der Waals surface area contributed by atoms with Crippen LogP contribution in [-0.2, 0) is 28.6 Å². The van der Waals surface area contributed by atoms with E-state index in [1.165, 1.54) is 199 Å². The molecule has 0 aromatic heterocycles. The van der Waals surface area contributed by atoms with E-state index < -0.39 is 6.10 Å². The number of ether oxygens (including phenoxy) is 3. The molecule has 0 rings (SSSR count). The Balaban J connectivity index is 4.27. The fourth-order valence-corrected chi connectivity index (χ4v) is 8.19. The van der Waals surface area contributed by atoms with Gasteiger partial charge in [0.25, 0.3) is 0 Å². The molecular formula is C54H104O6. The Morgan fingerprint density at radius 3 is 0.867 bits per heavy atom. The maximum atomic E-state index is 12.8.